The van der Waals surface area contributed by atoms with E-state index in [9.17, 15) is 0 Å². The predicted octanol–water partition coefficient (Wildman–Crippen LogP) is 0.483. The van der Waals surface area contributed by atoms with Crippen molar-refractivity contribution in [3.8, 4) is 0 Å². The van der Waals surface area contributed by atoms with Crippen molar-refractivity contribution in [3.05, 3.63) is 0 Å². The fourth-order valence-electron chi connectivity index (χ4n) is 0.515. The molecule has 0 spiro atoms. The minimum absolute atomic E-state index is 0. The van der Waals surface area contributed by atoms with E-state index in [1.165, 1.54) is 0 Å². The van der Waals surface area contributed by atoms with E-state index in [1.54, 1.807) is 0 Å². The van der Waals surface area contributed by atoms with Crippen molar-refractivity contribution >= 4 is 6.01 Å². The van der Waals surface area contributed by atoms with Crippen molar-refractivity contribution in [2.45, 2.75) is 32.7 Å². The second-order valence-corrected chi connectivity index (χ2v) is 3.19. The quantitative estimate of drug-likeness (QED) is 0.616. The van der Waals surface area contributed by atoms with Gasteiger partial charge in [0.05, 0.1) is 12.6 Å². The molecule has 0 saturated carbocycles. The van der Waals surface area contributed by atoms with Crippen LogP contribution in [0.5, 0.6) is 0 Å². The van der Waals surface area contributed by atoms with Crippen molar-refractivity contribution in [1.29, 1.82) is 0 Å². The number of hydrogen-bond donors (Lipinski definition) is 1. The Kier molecular flexibility index (Phi) is 8.06. The Morgan fingerprint density at radius 1 is 1.33 bits per heavy atom. The normalized spacial score (nSPS) is 9.67. The van der Waals surface area contributed by atoms with Gasteiger partial charge in [0.25, 0.3) is 0 Å². The summed E-state index contributed by atoms with van der Waals surface area (Å²) in [6, 6.07) is 2.60. The minimum Gasteiger partial charge on any atom is -0.412 e. The van der Waals surface area contributed by atoms with Gasteiger partial charge >= 0.3 is 0 Å². The van der Waals surface area contributed by atoms with Crippen LogP contribution in [0, 0.1) is 0 Å². The predicted molar refractivity (Wildman–Crippen MR) is 51.8 cm³/mol. The number of aliphatic imine (C=N–C) groups is 2. The van der Waals surface area contributed by atoms with Gasteiger partial charge < -0.3 is 11.2 Å². The average molecular weight is 173 g/mol. The maximum absolute atomic E-state index is 5.73. The lowest BCUT2D eigenvalue weighted by molar-refractivity contribution is 0.485. The Bertz CT molecular complexity index is 154. The molecule has 4 nitrogen and oxygen atoms in total. The molecule has 0 aliphatic rings. The molecule has 4 heteroatoms. The summed E-state index contributed by atoms with van der Waals surface area (Å²) in [6.07, 6.45) is 0.874. The second kappa shape index (κ2) is 6.98. The average Bonchev–Trinajstić information content (AvgIpc) is 1.85. The smallest absolute Gasteiger partial charge is 0.0892 e. The molecule has 0 amide bonds. The van der Waals surface area contributed by atoms with E-state index in [1.807, 2.05) is 20.8 Å². The van der Waals surface area contributed by atoms with Gasteiger partial charge in [-0.25, -0.2) is 9.98 Å². The Balaban J connectivity index is 0. The topological polar surface area (TPSA) is 82.2 Å². The molecule has 0 rings (SSSR count). The third-order valence-electron chi connectivity index (χ3n) is 1.17. The first-order chi connectivity index (χ1) is 5.06. The SMILES string of the molecule is CCN=C=NCCC(C)(C)N.O. The lowest BCUT2D eigenvalue weighted by Crippen LogP contribution is -2.32. The fourth-order valence-corrected chi connectivity index (χ4v) is 0.515. The third kappa shape index (κ3) is 12.0. The van der Waals surface area contributed by atoms with E-state index in [2.05, 4.69) is 16.0 Å². The van der Waals surface area contributed by atoms with Gasteiger partial charge in [0.1, 0.15) is 0 Å². The zero-order valence-electron chi connectivity index (χ0n) is 8.09. The largest absolute Gasteiger partial charge is 0.412 e. The van der Waals surface area contributed by atoms with Crippen molar-refractivity contribution in [2.75, 3.05) is 13.1 Å². The standard InChI is InChI=1S/C8H17N3.H2O/c1-4-10-7-11-6-5-8(2,3)9;/h4-6,9H2,1-3H3;1H2. The van der Waals surface area contributed by atoms with Crippen LogP contribution in [0.25, 0.3) is 0 Å². The molecule has 0 fully saturated rings. The van der Waals surface area contributed by atoms with Crippen LogP contribution in [-0.4, -0.2) is 30.1 Å². The molecule has 0 bridgehead atoms. The number of nitrogens with two attached hydrogens (primary N) is 1. The van der Waals surface area contributed by atoms with Crippen LogP contribution >= 0.6 is 0 Å². The van der Waals surface area contributed by atoms with Gasteiger partial charge in [0.2, 0.25) is 0 Å². The van der Waals surface area contributed by atoms with E-state index in [0.717, 1.165) is 13.0 Å². The van der Waals surface area contributed by atoms with Crippen LogP contribution in [0.2, 0.25) is 0 Å². The summed E-state index contributed by atoms with van der Waals surface area (Å²) in [5.41, 5.74) is 5.60. The van der Waals surface area contributed by atoms with Gasteiger partial charge in [-0.05, 0) is 27.2 Å². The highest BCUT2D eigenvalue weighted by Crippen LogP contribution is 2.01. The summed E-state index contributed by atoms with van der Waals surface area (Å²) in [5.74, 6) is 0. The summed E-state index contributed by atoms with van der Waals surface area (Å²) in [7, 11) is 0. The van der Waals surface area contributed by atoms with Crippen LogP contribution in [-0.2, 0) is 0 Å². The molecule has 4 N–H and O–H groups in total. The van der Waals surface area contributed by atoms with Gasteiger partial charge in [-0.2, -0.15) is 0 Å². The number of nitrogens with zero attached hydrogens (tertiary/aromatic N) is 2. The Hall–Kier alpha value is -0.700. The second-order valence-electron chi connectivity index (χ2n) is 3.19. The molecule has 12 heavy (non-hydrogen) atoms. The highest BCUT2D eigenvalue weighted by atomic mass is 16.0. The molecule has 0 aliphatic heterocycles. The minimum atomic E-state index is -0.128. The van der Waals surface area contributed by atoms with Crippen molar-refractivity contribution in [2.24, 2.45) is 15.7 Å². The maximum atomic E-state index is 5.73. The Morgan fingerprint density at radius 2 is 1.92 bits per heavy atom. The Morgan fingerprint density at radius 3 is 2.33 bits per heavy atom. The summed E-state index contributed by atoms with van der Waals surface area (Å²) in [5, 5.41) is 0. The van der Waals surface area contributed by atoms with Crippen molar-refractivity contribution < 1.29 is 5.48 Å². The molecule has 0 aliphatic carbocycles. The molecule has 72 valence electrons. The van der Waals surface area contributed by atoms with Crippen molar-refractivity contribution in [3.63, 3.8) is 0 Å². The molecule has 0 radical (unpaired) electrons. The summed E-state index contributed by atoms with van der Waals surface area (Å²) >= 11 is 0. The monoisotopic (exact) mass is 173 g/mol. The fraction of sp³-hybridized carbons (Fsp3) is 0.875. The van der Waals surface area contributed by atoms with E-state index in [4.69, 9.17) is 5.73 Å². The zero-order valence-corrected chi connectivity index (χ0v) is 8.09. The molecule has 0 atom stereocenters. The van der Waals surface area contributed by atoms with Gasteiger partial charge in [0, 0.05) is 12.1 Å². The molecule has 0 aromatic heterocycles. The molecule has 0 unspecified atom stereocenters. The number of hydrogen-bond acceptors (Lipinski definition) is 3. The molecule has 0 aromatic carbocycles. The highest BCUT2D eigenvalue weighted by molar-refractivity contribution is 5.40. The molecule has 0 heterocycles. The van der Waals surface area contributed by atoms with Gasteiger partial charge in [-0.1, -0.05) is 0 Å². The van der Waals surface area contributed by atoms with E-state index in [-0.39, 0.29) is 11.0 Å². The van der Waals surface area contributed by atoms with E-state index >= 15 is 0 Å². The lowest BCUT2D eigenvalue weighted by atomic mass is 10.0. The maximum Gasteiger partial charge on any atom is 0.0892 e. The van der Waals surface area contributed by atoms with Gasteiger partial charge in [-0.15, -0.1) is 0 Å². The number of rotatable bonds is 4. The summed E-state index contributed by atoms with van der Waals surface area (Å²) in [4.78, 5) is 7.78. The molecule has 0 saturated heterocycles. The first-order valence-electron chi connectivity index (χ1n) is 3.93. The van der Waals surface area contributed by atoms with Crippen LogP contribution in [0.3, 0.4) is 0 Å². The molecule has 0 aromatic rings. The zero-order chi connectivity index (χ0) is 8.74. The van der Waals surface area contributed by atoms with Crippen molar-refractivity contribution in [1.82, 2.24) is 0 Å². The van der Waals surface area contributed by atoms with Crippen LogP contribution in [0.4, 0.5) is 0 Å². The van der Waals surface area contributed by atoms with Gasteiger partial charge in [-0.3, -0.25) is 0 Å². The molecular formula is C8H19N3O. The Labute approximate surface area is 73.9 Å². The molecular weight excluding hydrogens is 154 g/mol. The van der Waals surface area contributed by atoms with E-state index < -0.39 is 0 Å². The third-order valence-corrected chi connectivity index (χ3v) is 1.17. The lowest BCUT2D eigenvalue weighted by Gasteiger charge is -2.15. The van der Waals surface area contributed by atoms with Crippen LogP contribution < -0.4 is 5.73 Å². The first-order valence-corrected chi connectivity index (χ1v) is 3.93. The van der Waals surface area contributed by atoms with E-state index in [0.29, 0.717) is 6.54 Å². The van der Waals surface area contributed by atoms with Gasteiger partial charge in [0.15, 0.2) is 0 Å². The summed E-state index contributed by atoms with van der Waals surface area (Å²) in [6.45, 7) is 7.39. The van der Waals surface area contributed by atoms with Crippen LogP contribution in [0.15, 0.2) is 9.98 Å². The highest BCUT2D eigenvalue weighted by Gasteiger charge is 2.08. The van der Waals surface area contributed by atoms with Crippen LogP contribution in [0.1, 0.15) is 27.2 Å². The first kappa shape index (κ1) is 13.9. The summed E-state index contributed by atoms with van der Waals surface area (Å²) < 4.78 is 0.